The van der Waals surface area contributed by atoms with E-state index in [4.69, 9.17) is 5.73 Å². The third kappa shape index (κ3) is 1.57. The van der Waals surface area contributed by atoms with Crippen LogP contribution in [-0.4, -0.2) is 16.5 Å². The summed E-state index contributed by atoms with van der Waals surface area (Å²) in [6, 6.07) is 0. The first-order valence-electron chi connectivity index (χ1n) is 4.45. The molecule has 1 aliphatic rings. The van der Waals surface area contributed by atoms with Crippen LogP contribution in [-0.2, 0) is 5.41 Å². The Morgan fingerprint density at radius 1 is 1.38 bits per heavy atom. The first-order chi connectivity index (χ1) is 6.27. The van der Waals surface area contributed by atoms with Crippen LogP contribution in [0.5, 0.6) is 0 Å². The predicted octanol–water partition coefficient (Wildman–Crippen LogP) is 1.46. The third-order valence-corrected chi connectivity index (χ3v) is 3.35. The highest BCUT2D eigenvalue weighted by Crippen LogP contribution is 2.40. The molecule has 4 heteroatoms. The number of aromatic nitrogens is 2. The number of hydrogen-bond acceptors (Lipinski definition) is 3. The lowest BCUT2D eigenvalue weighted by Gasteiger charge is -2.39. The highest BCUT2D eigenvalue weighted by atomic mass is 127. The molecule has 1 aromatic rings. The van der Waals surface area contributed by atoms with Crippen LogP contribution in [0.3, 0.4) is 0 Å². The number of nitrogens with two attached hydrogens (primary N) is 1. The second kappa shape index (κ2) is 3.49. The van der Waals surface area contributed by atoms with Gasteiger partial charge in [-0.15, -0.1) is 0 Å². The summed E-state index contributed by atoms with van der Waals surface area (Å²) in [6.07, 6.45) is 7.26. The number of halogens is 1. The lowest BCUT2D eigenvalue weighted by molar-refractivity contribution is 0.238. The summed E-state index contributed by atoms with van der Waals surface area (Å²) in [5.41, 5.74) is 5.86. The summed E-state index contributed by atoms with van der Waals surface area (Å²) in [5, 5.41) is 0. The van der Waals surface area contributed by atoms with E-state index in [-0.39, 0.29) is 5.41 Å². The number of nitrogens with zero attached hydrogens (tertiary/aromatic N) is 2. The van der Waals surface area contributed by atoms with Crippen LogP contribution < -0.4 is 5.73 Å². The molecule has 0 aromatic carbocycles. The monoisotopic (exact) mass is 289 g/mol. The molecule has 1 aliphatic carbocycles. The molecule has 1 saturated carbocycles. The van der Waals surface area contributed by atoms with Crippen LogP contribution >= 0.6 is 22.6 Å². The van der Waals surface area contributed by atoms with Gasteiger partial charge in [-0.2, -0.15) is 0 Å². The van der Waals surface area contributed by atoms with E-state index in [0.717, 1.165) is 22.2 Å². The van der Waals surface area contributed by atoms with Crippen LogP contribution in [0.1, 0.15) is 25.1 Å². The minimum absolute atomic E-state index is 0.102. The van der Waals surface area contributed by atoms with E-state index in [1.807, 2.05) is 12.4 Å². The molecule has 0 bridgehead atoms. The minimum Gasteiger partial charge on any atom is -0.329 e. The minimum atomic E-state index is 0.102. The maximum absolute atomic E-state index is 5.76. The number of hydrogen-bond donors (Lipinski definition) is 1. The summed E-state index contributed by atoms with van der Waals surface area (Å²) in [6.45, 7) is 0.674. The van der Waals surface area contributed by atoms with Crippen molar-refractivity contribution >= 4 is 22.6 Å². The fourth-order valence-electron chi connectivity index (χ4n) is 1.71. The summed E-state index contributed by atoms with van der Waals surface area (Å²) < 4.78 is 1.08. The average molecular weight is 289 g/mol. The molecule has 0 unspecified atom stereocenters. The van der Waals surface area contributed by atoms with Crippen LogP contribution in [0.4, 0.5) is 0 Å². The second-order valence-corrected chi connectivity index (χ2v) is 4.81. The van der Waals surface area contributed by atoms with E-state index in [1.165, 1.54) is 6.42 Å². The molecule has 1 aromatic heterocycles. The Morgan fingerprint density at radius 2 is 2.00 bits per heavy atom. The van der Waals surface area contributed by atoms with E-state index in [9.17, 15) is 0 Å². The van der Waals surface area contributed by atoms with Crippen molar-refractivity contribution in [2.24, 2.45) is 5.73 Å². The van der Waals surface area contributed by atoms with Gasteiger partial charge in [0.1, 0.15) is 5.82 Å². The zero-order chi connectivity index (χ0) is 9.31. The van der Waals surface area contributed by atoms with E-state index in [2.05, 4.69) is 32.6 Å². The van der Waals surface area contributed by atoms with Gasteiger partial charge in [-0.05, 0) is 35.4 Å². The molecule has 0 amide bonds. The lowest BCUT2D eigenvalue weighted by Crippen LogP contribution is -2.43. The largest absolute Gasteiger partial charge is 0.329 e. The Bertz CT molecular complexity index is 287. The molecule has 13 heavy (non-hydrogen) atoms. The molecular formula is C9H12IN3. The van der Waals surface area contributed by atoms with Gasteiger partial charge in [0.25, 0.3) is 0 Å². The van der Waals surface area contributed by atoms with E-state index in [1.54, 1.807) is 0 Å². The fourth-order valence-corrected chi connectivity index (χ4v) is 1.99. The van der Waals surface area contributed by atoms with Gasteiger partial charge in [-0.1, -0.05) is 6.42 Å². The van der Waals surface area contributed by atoms with Gasteiger partial charge in [0.2, 0.25) is 0 Å². The molecule has 2 rings (SSSR count). The Kier molecular flexibility index (Phi) is 2.51. The van der Waals surface area contributed by atoms with E-state index >= 15 is 0 Å². The van der Waals surface area contributed by atoms with Gasteiger partial charge in [0, 0.05) is 27.9 Å². The molecule has 0 spiro atoms. The average Bonchev–Trinajstić information content (AvgIpc) is 2.07. The van der Waals surface area contributed by atoms with Crippen molar-refractivity contribution in [3.8, 4) is 0 Å². The van der Waals surface area contributed by atoms with Crippen molar-refractivity contribution in [3.63, 3.8) is 0 Å². The molecule has 0 radical (unpaired) electrons. The molecule has 1 fully saturated rings. The van der Waals surface area contributed by atoms with E-state index < -0.39 is 0 Å². The Balaban J connectivity index is 2.28. The van der Waals surface area contributed by atoms with Crippen molar-refractivity contribution in [2.75, 3.05) is 6.54 Å². The molecule has 0 saturated heterocycles. The second-order valence-electron chi connectivity index (χ2n) is 3.56. The Labute approximate surface area is 91.3 Å². The standard InChI is InChI=1S/C9H12IN3/c10-7-4-12-8(13-5-7)9(6-11)2-1-3-9/h4-5H,1-3,6,11H2. The van der Waals surface area contributed by atoms with Gasteiger partial charge in [0.15, 0.2) is 0 Å². The zero-order valence-corrected chi connectivity index (χ0v) is 9.49. The van der Waals surface area contributed by atoms with Gasteiger partial charge < -0.3 is 5.73 Å². The smallest absolute Gasteiger partial charge is 0.135 e. The van der Waals surface area contributed by atoms with Gasteiger partial charge in [-0.25, -0.2) is 9.97 Å². The fraction of sp³-hybridized carbons (Fsp3) is 0.556. The Morgan fingerprint density at radius 3 is 2.38 bits per heavy atom. The van der Waals surface area contributed by atoms with Crippen molar-refractivity contribution in [1.82, 2.24) is 9.97 Å². The first-order valence-corrected chi connectivity index (χ1v) is 5.53. The summed E-state index contributed by atoms with van der Waals surface area (Å²) in [4.78, 5) is 8.69. The van der Waals surface area contributed by atoms with E-state index in [0.29, 0.717) is 6.54 Å². The SMILES string of the molecule is NCC1(c2ncc(I)cn2)CCC1. The summed E-state index contributed by atoms with van der Waals surface area (Å²) in [5.74, 6) is 0.932. The Hall–Kier alpha value is -0.230. The normalized spacial score (nSPS) is 19.5. The van der Waals surface area contributed by atoms with Crippen molar-refractivity contribution in [1.29, 1.82) is 0 Å². The highest BCUT2D eigenvalue weighted by Gasteiger charge is 2.39. The van der Waals surface area contributed by atoms with Crippen molar-refractivity contribution in [2.45, 2.75) is 24.7 Å². The van der Waals surface area contributed by atoms with Gasteiger partial charge in [0.05, 0.1) is 0 Å². The quantitative estimate of drug-likeness (QED) is 0.839. The summed E-state index contributed by atoms with van der Waals surface area (Å²) in [7, 11) is 0. The maximum atomic E-state index is 5.76. The molecule has 70 valence electrons. The molecular weight excluding hydrogens is 277 g/mol. The predicted molar refractivity (Wildman–Crippen MR) is 59.3 cm³/mol. The van der Waals surface area contributed by atoms with Gasteiger partial charge in [-0.3, -0.25) is 0 Å². The number of rotatable bonds is 2. The van der Waals surface area contributed by atoms with Crippen LogP contribution in [0.25, 0.3) is 0 Å². The van der Waals surface area contributed by atoms with Crippen molar-refractivity contribution < 1.29 is 0 Å². The lowest BCUT2D eigenvalue weighted by atomic mass is 9.68. The molecule has 3 nitrogen and oxygen atoms in total. The highest BCUT2D eigenvalue weighted by molar-refractivity contribution is 14.1. The molecule has 1 heterocycles. The maximum Gasteiger partial charge on any atom is 0.135 e. The summed E-state index contributed by atoms with van der Waals surface area (Å²) >= 11 is 2.21. The van der Waals surface area contributed by atoms with Crippen LogP contribution in [0, 0.1) is 3.57 Å². The van der Waals surface area contributed by atoms with Crippen LogP contribution in [0.2, 0.25) is 0 Å². The first kappa shape index (κ1) is 9.33. The molecule has 2 N–H and O–H groups in total. The topological polar surface area (TPSA) is 51.8 Å². The van der Waals surface area contributed by atoms with Gasteiger partial charge >= 0.3 is 0 Å². The molecule has 0 atom stereocenters. The van der Waals surface area contributed by atoms with Crippen molar-refractivity contribution in [3.05, 3.63) is 21.8 Å². The van der Waals surface area contributed by atoms with Crippen LogP contribution in [0.15, 0.2) is 12.4 Å². The third-order valence-electron chi connectivity index (χ3n) is 2.80. The zero-order valence-electron chi connectivity index (χ0n) is 7.33. The molecule has 0 aliphatic heterocycles.